The number of rotatable bonds is 7. The average Bonchev–Trinajstić information content (AvgIpc) is 3.19. The number of hydrogen-bond acceptors (Lipinski definition) is 2. The second-order valence-electron chi connectivity index (χ2n) is 7.85. The maximum Gasteiger partial charge on any atom is 0.416 e. The molecule has 7 heteroatoms. The van der Waals surface area contributed by atoms with Gasteiger partial charge in [-0.15, -0.1) is 0 Å². The van der Waals surface area contributed by atoms with Gasteiger partial charge >= 0.3 is 6.18 Å². The summed E-state index contributed by atoms with van der Waals surface area (Å²) in [5.41, 5.74) is 3.62. The second-order valence-corrected chi connectivity index (χ2v) is 7.85. The minimum atomic E-state index is -4.41. The van der Waals surface area contributed by atoms with E-state index in [0.717, 1.165) is 35.5 Å². The molecule has 0 aliphatic heterocycles. The van der Waals surface area contributed by atoms with Gasteiger partial charge in [0.1, 0.15) is 5.65 Å². The van der Waals surface area contributed by atoms with Crippen LogP contribution in [0.4, 0.5) is 13.2 Å². The van der Waals surface area contributed by atoms with Crippen LogP contribution in [0.2, 0.25) is 0 Å². The molecule has 0 fully saturated rings. The SMILES string of the molecule is CCCNC(=O)CCc1c(-c2ccccc2)nc2ccc(-c3cccc(C(F)(F)F)c3)cn12. The van der Waals surface area contributed by atoms with Crippen LogP contribution in [0.1, 0.15) is 31.0 Å². The van der Waals surface area contributed by atoms with E-state index in [-0.39, 0.29) is 5.91 Å². The number of halogens is 3. The largest absolute Gasteiger partial charge is 0.416 e. The molecule has 2 heterocycles. The predicted molar refractivity (Wildman–Crippen MR) is 123 cm³/mol. The van der Waals surface area contributed by atoms with Crippen LogP contribution in [0.15, 0.2) is 72.9 Å². The highest BCUT2D eigenvalue weighted by Crippen LogP contribution is 2.33. The number of fused-ring (bicyclic) bond motifs is 1. The molecular weight excluding hydrogens is 427 g/mol. The molecule has 0 spiro atoms. The number of imidazole rings is 1. The van der Waals surface area contributed by atoms with E-state index in [9.17, 15) is 18.0 Å². The number of benzene rings is 2. The van der Waals surface area contributed by atoms with Crippen molar-refractivity contribution in [2.75, 3.05) is 6.54 Å². The Labute approximate surface area is 190 Å². The van der Waals surface area contributed by atoms with Crippen molar-refractivity contribution >= 4 is 11.6 Å². The zero-order valence-corrected chi connectivity index (χ0v) is 18.2. The third-order valence-electron chi connectivity index (χ3n) is 5.45. The molecule has 0 unspecified atom stereocenters. The van der Waals surface area contributed by atoms with Crippen LogP contribution in [-0.2, 0) is 17.4 Å². The lowest BCUT2D eigenvalue weighted by atomic mass is 10.0. The zero-order chi connectivity index (χ0) is 23.4. The molecule has 170 valence electrons. The van der Waals surface area contributed by atoms with Crippen LogP contribution in [0, 0.1) is 0 Å². The van der Waals surface area contributed by atoms with Crippen molar-refractivity contribution < 1.29 is 18.0 Å². The Bertz CT molecular complexity index is 1260. The Morgan fingerprint density at radius 1 is 0.970 bits per heavy atom. The quantitative estimate of drug-likeness (QED) is 0.367. The van der Waals surface area contributed by atoms with Gasteiger partial charge in [-0.25, -0.2) is 4.98 Å². The number of pyridine rings is 1. The summed E-state index contributed by atoms with van der Waals surface area (Å²) in [6.45, 7) is 2.62. The molecule has 2 aromatic heterocycles. The van der Waals surface area contributed by atoms with Crippen molar-refractivity contribution in [3.63, 3.8) is 0 Å². The number of carbonyl (C=O) groups is 1. The number of nitrogens with one attached hydrogen (secondary N) is 1. The Morgan fingerprint density at radius 2 is 1.73 bits per heavy atom. The van der Waals surface area contributed by atoms with Crippen molar-refractivity contribution in [1.29, 1.82) is 0 Å². The van der Waals surface area contributed by atoms with Crippen molar-refractivity contribution in [3.8, 4) is 22.4 Å². The smallest absolute Gasteiger partial charge is 0.356 e. The normalized spacial score (nSPS) is 11.6. The number of aromatic nitrogens is 2. The van der Waals surface area contributed by atoms with Crippen LogP contribution in [0.3, 0.4) is 0 Å². The molecule has 0 bridgehead atoms. The van der Waals surface area contributed by atoms with Gasteiger partial charge in [0.25, 0.3) is 0 Å². The van der Waals surface area contributed by atoms with Crippen molar-refractivity contribution in [2.45, 2.75) is 32.4 Å². The summed E-state index contributed by atoms with van der Waals surface area (Å²) in [6, 6.07) is 18.5. The molecule has 1 amide bonds. The Kier molecular flexibility index (Phi) is 6.49. The van der Waals surface area contributed by atoms with Gasteiger partial charge in [-0.1, -0.05) is 49.4 Å². The van der Waals surface area contributed by atoms with E-state index in [1.807, 2.05) is 41.7 Å². The maximum absolute atomic E-state index is 13.2. The number of aryl methyl sites for hydroxylation is 1. The number of hydrogen-bond donors (Lipinski definition) is 1. The van der Waals surface area contributed by atoms with Gasteiger partial charge in [-0.3, -0.25) is 4.79 Å². The van der Waals surface area contributed by atoms with Gasteiger partial charge in [0, 0.05) is 24.7 Å². The summed E-state index contributed by atoms with van der Waals surface area (Å²) in [5, 5.41) is 2.88. The standard InChI is InChI=1S/C26H24F3N3O/c1-2-15-30-24(33)14-12-22-25(18-7-4-3-5-8-18)31-23-13-11-20(17-32(22)23)19-9-6-10-21(16-19)26(27,28)29/h3-11,13,16-17H,2,12,14-15H2,1H3,(H,30,33). The second kappa shape index (κ2) is 9.48. The van der Waals surface area contributed by atoms with Gasteiger partial charge in [0.05, 0.1) is 17.0 Å². The van der Waals surface area contributed by atoms with Gasteiger partial charge in [-0.2, -0.15) is 13.2 Å². The molecule has 4 nitrogen and oxygen atoms in total. The van der Waals surface area contributed by atoms with E-state index < -0.39 is 11.7 Å². The van der Waals surface area contributed by atoms with Crippen molar-refractivity contribution in [2.24, 2.45) is 0 Å². The third-order valence-corrected chi connectivity index (χ3v) is 5.45. The molecule has 0 aliphatic carbocycles. The molecule has 4 rings (SSSR count). The fourth-order valence-electron chi connectivity index (χ4n) is 3.79. The molecule has 0 aliphatic rings. The summed E-state index contributed by atoms with van der Waals surface area (Å²) >= 11 is 0. The van der Waals surface area contributed by atoms with E-state index >= 15 is 0 Å². The highest BCUT2D eigenvalue weighted by Gasteiger charge is 2.30. The molecule has 0 radical (unpaired) electrons. The van der Waals surface area contributed by atoms with Crippen LogP contribution >= 0.6 is 0 Å². The topological polar surface area (TPSA) is 46.4 Å². The molecule has 0 saturated carbocycles. The zero-order valence-electron chi connectivity index (χ0n) is 18.2. The number of alkyl halides is 3. The molecule has 0 saturated heterocycles. The Hall–Kier alpha value is -3.61. The fraction of sp³-hybridized carbons (Fsp3) is 0.231. The van der Waals surface area contributed by atoms with Gasteiger partial charge in [0.2, 0.25) is 5.91 Å². The summed E-state index contributed by atoms with van der Waals surface area (Å²) < 4.78 is 41.5. The lowest BCUT2D eigenvalue weighted by Crippen LogP contribution is -2.24. The number of carbonyl (C=O) groups excluding carboxylic acids is 1. The first-order valence-electron chi connectivity index (χ1n) is 10.9. The summed E-state index contributed by atoms with van der Waals surface area (Å²) in [5.74, 6) is -0.0418. The molecular formula is C26H24F3N3O. The Balaban J connectivity index is 1.77. The van der Waals surface area contributed by atoms with Gasteiger partial charge in [0.15, 0.2) is 0 Å². The highest BCUT2D eigenvalue weighted by molar-refractivity contribution is 5.77. The van der Waals surface area contributed by atoms with Crippen LogP contribution in [0.5, 0.6) is 0 Å². The van der Waals surface area contributed by atoms with E-state index in [2.05, 4.69) is 5.32 Å². The number of nitrogens with zero attached hydrogens (tertiary/aromatic N) is 2. The highest BCUT2D eigenvalue weighted by atomic mass is 19.4. The summed E-state index contributed by atoms with van der Waals surface area (Å²) in [4.78, 5) is 17.0. The van der Waals surface area contributed by atoms with E-state index in [0.29, 0.717) is 36.2 Å². The summed E-state index contributed by atoms with van der Waals surface area (Å²) in [7, 11) is 0. The Morgan fingerprint density at radius 3 is 2.45 bits per heavy atom. The van der Waals surface area contributed by atoms with E-state index in [1.54, 1.807) is 24.4 Å². The minimum Gasteiger partial charge on any atom is -0.356 e. The first-order chi connectivity index (χ1) is 15.9. The van der Waals surface area contributed by atoms with Crippen molar-refractivity contribution in [3.05, 3.63) is 84.2 Å². The van der Waals surface area contributed by atoms with Crippen LogP contribution in [0.25, 0.3) is 28.0 Å². The van der Waals surface area contributed by atoms with E-state index in [4.69, 9.17) is 4.98 Å². The van der Waals surface area contributed by atoms with E-state index in [1.165, 1.54) is 6.07 Å². The average molecular weight is 451 g/mol. The number of amides is 1. The molecule has 1 N–H and O–H groups in total. The minimum absolute atomic E-state index is 0.0418. The van der Waals surface area contributed by atoms with Gasteiger partial charge < -0.3 is 9.72 Å². The molecule has 0 atom stereocenters. The lowest BCUT2D eigenvalue weighted by Gasteiger charge is -2.10. The summed E-state index contributed by atoms with van der Waals surface area (Å²) in [6.07, 6.45) is -1.01. The first-order valence-corrected chi connectivity index (χ1v) is 10.9. The fourth-order valence-corrected chi connectivity index (χ4v) is 3.79. The maximum atomic E-state index is 13.2. The lowest BCUT2D eigenvalue weighted by molar-refractivity contribution is -0.137. The third kappa shape index (κ3) is 5.08. The molecule has 33 heavy (non-hydrogen) atoms. The molecule has 4 aromatic rings. The monoisotopic (exact) mass is 451 g/mol. The first kappa shape index (κ1) is 22.6. The van der Waals surface area contributed by atoms with Crippen LogP contribution < -0.4 is 5.32 Å². The molecule has 2 aromatic carbocycles. The van der Waals surface area contributed by atoms with Crippen LogP contribution in [-0.4, -0.2) is 21.8 Å². The van der Waals surface area contributed by atoms with Gasteiger partial charge in [-0.05, 0) is 48.2 Å². The predicted octanol–water partition coefficient (Wildman–Crippen LogP) is 6.15. The van der Waals surface area contributed by atoms with Crippen molar-refractivity contribution in [1.82, 2.24) is 14.7 Å².